The van der Waals surface area contributed by atoms with Gasteiger partial charge in [0.1, 0.15) is 0 Å². The average Bonchev–Trinajstić information content (AvgIpc) is 3.14. The quantitative estimate of drug-likeness (QED) is 0.332. The number of fused-ring (bicyclic) bond motifs is 3. The third kappa shape index (κ3) is 5.35. The number of esters is 1. The van der Waals surface area contributed by atoms with Gasteiger partial charge in [0.2, 0.25) is 11.8 Å². The minimum absolute atomic E-state index is 0.0756. The summed E-state index contributed by atoms with van der Waals surface area (Å²) in [6.45, 7) is 5.04. The van der Waals surface area contributed by atoms with E-state index in [1.54, 1.807) is 0 Å². The van der Waals surface area contributed by atoms with Crippen molar-refractivity contribution >= 4 is 62.6 Å². The molecule has 9 heteroatoms. The topological polar surface area (TPSA) is 119 Å². The lowest BCUT2D eigenvalue weighted by Gasteiger charge is -2.11. The number of para-hydroxylation sites is 1. The molecule has 3 amide bonds. The van der Waals surface area contributed by atoms with Gasteiger partial charge in [0.15, 0.2) is 6.61 Å². The number of amides is 3. The standard InChI is InChI=1S/C27H26N4O5/c1-4-31-24-8-6-5-7-22(24)23-14-19(9-10-25(23)31)30-26(34)15-36-27(35)18-11-20(28-16(2)32)13-21(12-18)29-17(3)33/h5-14H,4,15H2,1-3H3,(H,28,32)(H,29,33)(H,30,34). The van der Waals surface area contributed by atoms with E-state index in [4.69, 9.17) is 4.74 Å². The van der Waals surface area contributed by atoms with Crippen LogP contribution in [0.4, 0.5) is 17.1 Å². The number of aromatic nitrogens is 1. The second kappa shape index (κ2) is 10.3. The maximum Gasteiger partial charge on any atom is 0.338 e. The molecule has 3 aromatic carbocycles. The maximum atomic E-state index is 12.6. The van der Waals surface area contributed by atoms with Gasteiger partial charge in [-0.15, -0.1) is 0 Å². The van der Waals surface area contributed by atoms with E-state index in [2.05, 4.69) is 33.5 Å². The van der Waals surface area contributed by atoms with Crippen LogP contribution in [-0.4, -0.2) is 34.9 Å². The minimum atomic E-state index is -0.773. The second-order valence-electron chi connectivity index (χ2n) is 8.28. The van der Waals surface area contributed by atoms with E-state index in [0.717, 1.165) is 28.4 Å². The van der Waals surface area contributed by atoms with Crippen molar-refractivity contribution in [2.24, 2.45) is 0 Å². The summed E-state index contributed by atoms with van der Waals surface area (Å²) in [6.07, 6.45) is 0. The molecule has 1 aromatic heterocycles. The van der Waals surface area contributed by atoms with E-state index in [-0.39, 0.29) is 17.4 Å². The van der Waals surface area contributed by atoms with E-state index in [1.807, 2.05) is 36.4 Å². The number of benzene rings is 3. The predicted molar refractivity (Wildman–Crippen MR) is 139 cm³/mol. The number of ether oxygens (including phenoxy) is 1. The number of rotatable bonds is 7. The molecule has 4 rings (SSSR count). The number of carbonyl (C=O) groups is 4. The van der Waals surface area contributed by atoms with Crippen molar-refractivity contribution < 1.29 is 23.9 Å². The molecule has 1 heterocycles. The third-order valence-electron chi connectivity index (χ3n) is 5.52. The van der Waals surface area contributed by atoms with Gasteiger partial charge in [0, 0.05) is 59.3 Å². The van der Waals surface area contributed by atoms with Gasteiger partial charge in [0.05, 0.1) is 5.56 Å². The van der Waals surface area contributed by atoms with E-state index in [1.165, 1.54) is 32.0 Å². The first kappa shape index (κ1) is 24.5. The molecule has 3 N–H and O–H groups in total. The molecule has 0 spiro atoms. The highest BCUT2D eigenvalue weighted by Gasteiger charge is 2.15. The Morgan fingerprint density at radius 2 is 1.39 bits per heavy atom. The molecule has 0 atom stereocenters. The van der Waals surface area contributed by atoms with Crippen LogP contribution in [0.25, 0.3) is 21.8 Å². The molecule has 0 aliphatic rings. The number of hydrogen-bond donors (Lipinski definition) is 3. The van der Waals surface area contributed by atoms with Crippen LogP contribution in [0.15, 0.2) is 60.7 Å². The Hall–Kier alpha value is -4.66. The molecule has 9 nitrogen and oxygen atoms in total. The van der Waals surface area contributed by atoms with Crippen molar-refractivity contribution in [3.05, 3.63) is 66.2 Å². The molecule has 184 valence electrons. The fraction of sp³-hybridized carbons (Fsp3) is 0.185. The smallest absolute Gasteiger partial charge is 0.338 e. The SMILES string of the molecule is CCn1c2ccccc2c2cc(NC(=O)COC(=O)c3cc(NC(C)=O)cc(NC(C)=O)c3)ccc21. The van der Waals surface area contributed by atoms with Gasteiger partial charge >= 0.3 is 5.97 Å². The highest BCUT2D eigenvalue weighted by Crippen LogP contribution is 2.31. The summed E-state index contributed by atoms with van der Waals surface area (Å²) in [6, 6.07) is 18.1. The fourth-order valence-electron chi connectivity index (χ4n) is 4.18. The number of hydrogen-bond acceptors (Lipinski definition) is 5. The van der Waals surface area contributed by atoms with Crippen LogP contribution in [-0.2, 0) is 25.7 Å². The Morgan fingerprint density at radius 1 is 0.750 bits per heavy atom. The summed E-state index contributed by atoms with van der Waals surface area (Å²) in [4.78, 5) is 48.0. The molecule has 0 aliphatic heterocycles. The van der Waals surface area contributed by atoms with Crippen LogP contribution in [0.1, 0.15) is 31.1 Å². The molecule has 4 aromatic rings. The van der Waals surface area contributed by atoms with E-state index < -0.39 is 18.5 Å². The lowest BCUT2D eigenvalue weighted by Crippen LogP contribution is -2.21. The Bertz CT molecular complexity index is 1470. The molecule has 0 bridgehead atoms. The predicted octanol–water partition coefficient (Wildman–Crippen LogP) is 4.53. The van der Waals surface area contributed by atoms with Crippen molar-refractivity contribution in [1.82, 2.24) is 4.57 Å². The van der Waals surface area contributed by atoms with E-state index in [0.29, 0.717) is 17.1 Å². The van der Waals surface area contributed by atoms with Crippen molar-refractivity contribution in [3.8, 4) is 0 Å². The molecular weight excluding hydrogens is 460 g/mol. The molecule has 0 saturated carbocycles. The number of nitrogens with one attached hydrogen (secondary N) is 3. The van der Waals surface area contributed by atoms with Crippen LogP contribution < -0.4 is 16.0 Å². The van der Waals surface area contributed by atoms with Gasteiger partial charge < -0.3 is 25.3 Å². The largest absolute Gasteiger partial charge is 0.452 e. The summed E-state index contributed by atoms with van der Waals surface area (Å²) in [7, 11) is 0. The van der Waals surface area contributed by atoms with Crippen LogP contribution in [0, 0.1) is 0 Å². The van der Waals surface area contributed by atoms with Gasteiger partial charge in [-0.3, -0.25) is 14.4 Å². The zero-order chi connectivity index (χ0) is 25.8. The number of carbonyl (C=O) groups excluding carboxylic acids is 4. The van der Waals surface area contributed by atoms with Crippen molar-refractivity contribution in [2.45, 2.75) is 27.3 Å². The first-order valence-corrected chi connectivity index (χ1v) is 11.4. The number of aryl methyl sites for hydroxylation is 1. The van der Waals surface area contributed by atoms with Crippen molar-refractivity contribution in [1.29, 1.82) is 0 Å². The Kier molecular flexibility index (Phi) is 7.00. The highest BCUT2D eigenvalue weighted by molar-refractivity contribution is 6.10. The fourth-order valence-corrected chi connectivity index (χ4v) is 4.18. The first-order chi connectivity index (χ1) is 17.2. The van der Waals surface area contributed by atoms with Crippen LogP contribution in [0.5, 0.6) is 0 Å². The first-order valence-electron chi connectivity index (χ1n) is 11.4. The van der Waals surface area contributed by atoms with Gasteiger partial charge in [0.25, 0.3) is 5.91 Å². The summed E-state index contributed by atoms with van der Waals surface area (Å²) in [5.74, 6) is -1.95. The van der Waals surface area contributed by atoms with Crippen molar-refractivity contribution in [3.63, 3.8) is 0 Å². The molecule has 0 aliphatic carbocycles. The Morgan fingerprint density at radius 3 is 2.03 bits per heavy atom. The zero-order valence-electron chi connectivity index (χ0n) is 20.2. The molecule has 36 heavy (non-hydrogen) atoms. The minimum Gasteiger partial charge on any atom is -0.452 e. The van der Waals surface area contributed by atoms with Gasteiger partial charge in [-0.1, -0.05) is 18.2 Å². The average molecular weight is 487 g/mol. The van der Waals surface area contributed by atoms with Crippen LogP contribution in [0.2, 0.25) is 0 Å². The highest BCUT2D eigenvalue weighted by atomic mass is 16.5. The number of anilines is 3. The molecule has 0 fully saturated rings. The summed E-state index contributed by atoms with van der Waals surface area (Å²) >= 11 is 0. The summed E-state index contributed by atoms with van der Waals surface area (Å²) in [5.41, 5.74) is 3.47. The van der Waals surface area contributed by atoms with E-state index >= 15 is 0 Å². The Labute approximate surface area is 207 Å². The third-order valence-corrected chi connectivity index (χ3v) is 5.52. The maximum absolute atomic E-state index is 12.6. The molecule has 0 saturated heterocycles. The second-order valence-corrected chi connectivity index (χ2v) is 8.28. The van der Waals surface area contributed by atoms with Crippen LogP contribution in [0.3, 0.4) is 0 Å². The number of nitrogens with zero attached hydrogens (tertiary/aromatic N) is 1. The zero-order valence-corrected chi connectivity index (χ0v) is 20.2. The molecular formula is C27H26N4O5. The summed E-state index contributed by atoms with van der Waals surface area (Å²) < 4.78 is 7.39. The van der Waals surface area contributed by atoms with Gasteiger partial charge in [-0.25, -0.2) is 4.79 Å². The Balaban J connectivity index is 1.47. The van der Waals surface area contributed by atoms with Gasteiger partial charge in [-0.2, -0.15) is 0 Å². The molecule has 0 radical (unpaired) electrons. The van der Waals surface area contributed by atoms with Crippen molar-refractivity contribution in [2.75, 3.05) is 22.6 Å². The van der Waals surface area contributed by atoms with Gasteiger partial charge in [-0.05, 0) is 49.4 Å². The monoisotopic (exact) mass is 486 g/mol. The normalized spacial score (nSPS) is 10.8. The van der Waals surface area contributed by atoms with Crippen LogP contribution >= 0.6 is 0 Å². The van der Waals surface area contributed by atoms with E-state index in [9.17, 15) is 19.2 Å². The molecule has 0 unspecified atom stereocenters. The summed E-state index contributed by atoms with van der Waals surface area (Å²) in [5, 5.41) is 10.0. The lowest BCUT2D eigenvalue weighted by atomic mass is 10.1. The lowest BCUT2D eigenvalue weighted by molar-refractivity contribution is -0.119.